The molecule has 2 heterocycles. The molecule has 0 radical (unpaired) electrons. The largest absolute Gasteiger partial charge is 0.475 e. The third kappa shape index (κ3) is 3.15. The Morgan fingerprint density at radius 1 is 1.37 bits per heavy atom. The molecule has 1 aliphatic heterocycles. The van der Waals surface area contributed by atoms with Crippen molar-refractivity contribution in [2.75, 3.05) is 11.9 Å². The van der Waals surface area contributed by atoms with Gasteiger partial charge in [-0.1, -0.05) is 0 Å². The molecule has 1 N–H and O–H groups in total. The SMILES string of the molecule is CC(C)Oc1ccnc(NC2CCOC2C2CC2)n1. The second kappa shape index (κ2) is 5.33. The van der Waals surface area contributed by atoms with Crippen LogP contribution in [0.4, 0.5) is 5.95 Å². The highest BCUT2D eigenvalue weighted by Crippen LogP contribution is 2.39. The second-order valence-corrected chi connectivity index (χ2v) is 5.60. The van der Waals surface area contributed by atoms with Crippen LogP contribution in [0, 0.1) is 5.92 Å². The zero-order valence-corrected chi connectivity index (χ0v) is 11.5. The molecule has 1 aromatic rings. The van der Waals surface area contributed by atoms with Crippen LogP contribution in [0.25, 0.3) is 0 Å². The van der Waals surface area contributed by atoms with Gasteiger partial charge >= 0.3 is 0 Å². The summed E-state index contributed by atoms with van der Waals surface area (Å²) in [5.74, 6) is 1.99. The maximum Gasteiger partial charge on any atom is 0.226 e. The van der Waals surface area contributed by atoms with Gasteiger partial charge in [0.25, 0.3) is 0 Å². The molecule has 2 aliphatic rings. The van der Waals surface area contributed by atoms with Crippen LogP contribution < -0.4 is 10.1 Å². The van der Waals surface area contributed by atoms with Crippen LogP contribution in [0.1, 0.15) is 33.1 Å². The maximum absolute atomic E-state index is 5.81. The van der Waals surface area contributed by atoms with Gasteiger partial charge in [0.15, 0.2) is 0 Å². The van der Waals surface area contributed by atoms with E-state index in [4.69, 9.17) is 9.47 Å². The van der Waals surface area contributed by atoms with E-state index in [9.17, 15) is 0 Å². The zero-order chi connectivity index (χ0) is 13.2. The van der Waals surface area contributed by atoms with Crippen molar-refractivity contribution >= 4 is 5.95 Å². The first-order chi connectivity index (χ1) is 9.22. The Kier molecular flexibility index (Phi) is 3.55. The van der Waals surface area contributed by atoms with Gasteiger partial charge in [0.05, 0.1) is 18.2 Å². The fourth-order valence-corrected chi connectivity index (χ4v) is 2.54. The molecule has 5 heteroatoms. The highest BCUT2D eigenvalue weighted by atomic mass is 16.5. The molecule has 3 rings (SSSR count). The second-order valence-electron chi connectivity index (χ2n) is 5.60. The van der Waals surface area contributed by atoms with Gasteiger partial charge in [0.1, 0.15) is 0 Å². The number of anilines is 1. The van der Waals surface area contributed by atoms with E-state index in [1.165, 1.54) is 12.8 Å². The first kappa shape index (κ1) is 12.7. The third-order valence-electron chi connectivity index (χ3n) is 3.52. The molecule has 2 unspecified atom stereocenters. The summed E-state index contributed by atoms with van der Waals surface area (Å²) in [5.41, 5.74) is 0. The van der Waals surface area contributed by atoms with Gasteiger partial charge < -0.3 is 14.8 Å². The highest BCUT2D eigenvalue weighted by Gasteiger charge is 2.40. The Labute approximate surface area is 113 Å². The summed E-state index contributed by atoms with van der Waals surface area (Å²) in [7, 11) is 0. The predicted octanol–water partition coefficient (Wildman–Crippen LogP) is 2.24. The van der Waals surface area contributed by atoms with Crippen LogP contribution in [-0.2, 0) is 4.74 Å². The van der Waals surface area contributed by atoms with E-state index in [0.717, 1.165) is 18.9 Å². The normalized spacial score (nSPS) is 26.7. The van der Waals surface area contributed by atoms with Crippen LogP contribution in [0.15, 0.2) is 12.3 Å². The average molecular weight is 263 g/mol. The predicted molar refractivity (Wildman–Crippen MR) is 72.3 cm³/mol. The lowest BCUT2D eigenvalue weighted by atomic mass is 10.1. The Morgan fingerprint density at radius 3 is 2.95 bits per heavy atom. The summed E-state index contributed by atoms with van der Waals surface area (Å²) in [5, 5.41) is 3.40. The minimum atomic E-state index is 0.122. The Morgan fingerprint density at radius 2 is 2.21 bits per heavy atom. The summed E-state index contributed by atoms with van der Waals surface area (Å²) >= 11 is 0. The lowest BCUT2D eigenvalue weighted by Crippen LogP contribution is -2.31. The molecule has 1 saturated heterocycles. The summed E-state index contributed by atoms with van der Waals surface area (Å²) in [6, 6.07) is 2.12. The van der Waals surface area contributed by atoms with Gasteiger partial charge in [-0.3, -0.25) is 0 Å². The summed E-state index contributed by atoms with van der Waals surface area (Å²) in [4.78, 5) is 8.66. The number of hydrogen-bond acceptors (Lipinski definition) is 5. The van der Waals surface area contributed by atoms with Crippen molar-refractivity contribution in [3.63, 3.8) is 0 Å². The van der Waals surface area contributed by atoms with Crippen molar-refractivity contribution in [1.29, 1.82) is 0 Å². The van der Waals surface area contributed by atoms with Gasteiger partial charge in [-0.2, -0.15) is 4.98 Å². The average Bonchev–Trinajstić information content (AvgIpc) is 3.10. The monoisotopic (exact) mass is 263 g/mol. The molecule has 1 saturated carbocycles. The molecular formula is C14H21N3O2. The number of nitrogens with one attached hydrogen (secondary N) is 1. The first-order valence-electron chi connectivity index (χ1n) is 7.10. The molecule has 1 aromatic heterocycles. The van der Waals surface area contributed by atoms with Crippen LogP contribution in [0.2, 0.25) is 0 Å². The van der Waals surface area contributed by atoms with Crippen molar-refractivity contribution in [1.82, 2.24) is 9.97 Å². The van der Waals surface area contributed by atoms with Crippen molar-refractivity contribution in [2.24, 2.45) is 5.92 Å². The molecule has 5 nitrogen and oxygen atoms in total. The number of ether oxygens (including phenoxy) is 2. The molecule has 0 spiro atoms. The minimum absolute atomic E-state index is 0.122. The first-order valence-corrected chi connectivity index (χ1v) is 7.10. The van der Waals surface area contributed by atoms with Crippen LogP contribution in [-0.4, -0.2) is 34.8 Å². The van der Waals surface area contributed by atoms with E-state index in [0.29, 0.717) is 24.0 Å². The quantitative estimate of drug-likeness (QED) is 0.883. The van der Waals surface area contributed by atoms with E-state index >= 15 is 0 Å². The fraction of sp³-hybridized carbons (Fsp3) is 0.714. The van der Waals surface area contributed by atoms with Crippen LogP contribution in [0.3, 0.4) is 0 Å². The molecule has 2 fully saturated rings. The van der Waals surface area contributed by atoms with Crippen LogP contribution in [0.5, 0.6) is 5.88 Å². The number of aromatic nitrogens is 2. The van der Waals surface area contributed by atoms with E-state index in [2.05, 4.69) is 15.3 Å². The molecule has 2 atom stereocenters. The highest BCUT2D eigenvalue weighted by molar-refractivity contribution is 5.30. The molecular weight excluding hydrogens is 242 g/mol. The Bertz CT molecular complexity index is 434. The minimum Gasteiger partial charge on any atom is -0.475 e. The smallest absolute Gasteiger partial charge is 0.226 e. The molecule has 0 amide bonds. The van der Waals surface area contributed by atoms with Crippen molar-refractivity contribution in [3.05, 3.63) is 12.3 Å². The molecule has 19 heavy (non-hydrogen) atoms. The summed E-state index contributed by atoms with van der Waals surface area (Å²) in [6.45, 7) is 4.81. The number of nitrogens with zero attached hydrogens (tertiary/aromatic N) is 2. The zero-order valence-electron chi connectivity index (χ0n) is 11.5. The Balaban J connectivity index is 1.65. The van der Waals surface area contributed by atoms with Crippen molar-refractivity contribution in [3.8, 4) is 5.88 Å². The summed E-state index contributed by atoms with van der Waals surface area (Å²) < 4.78 is 11.4. The lowest BCUT2D eigenvalue weighted by molar-refractivity contribution is 0.0897. The van der Waals surface area contributed by atoms with Gasteiger partial charge in [0.2, 0.25) is 11.8 Å². The lowest BCUT2D eigenvalue weighted by Gasteiger charge is -2.19. The van der Waals surface area contributed by atoms with E-state index in [-0.39, 0.29) is 6.10 Å². The van der Waals surface area contributed by atoms with Crippen LogP contribution >= 0.6 is 0 Å². The standard InChI is InChI=1S/C14H21N3O2/c1-9(2)19-12-5-7-15-14(17-12)16-11-6-8-18-13(11)10-3-4-10/h5,7,9-11,13H,3-4,6,8H2,1-2H3,(H,15,16,17). The van der Waals surface area contributed by atoms with E-state index in [1.54, 1.807) is 12.3 Å². The Hall–Kier alpha value is -1.36. The fourth-order valence-electron chi connectivity index (χ4n) is 2.54. The van der Waals surface area contributed by atoms with Gasteiger partial charge in [-0.15, -0.1) is 0 Å². The molecule has 1 aliphatic carbocycles. The molecule has 0 bridgehead atoms. The third-order valence-corrected chi connectivity index (χ3v) is 3.52. The number of rotatable bonds is 5. The molecule has 0 aromatic carbocycles. The van der Waals surface area contributed by atoms with E-state index in [1.807, 2.05) is 13.8 Å². The van der Waals surface area contributed by atoms with Crippen molar-refractivity contribution in [2.45, 2.75) is 51.4 Å². The summed E-state index contributed by atoms with van der Waals surface area (Å²) in [6.07, 6.45) is 5.80. The maximum atomic E-state index is 5.81. The van der Waals surface area contributed by atoms with Gasteiger partial charge in [0, 0.05) is 18.9 Å². The van der Waals surface area contributed by atoms with E-state index < -0.39 is 0 Å². The number of hydrogen-bond donors (Lipinski definition) is 1. The topological polar surface area (TPSA) is 56.3 Å². The van der Waals surface area contributed by atoms with Gasteiger partial charge in [-0.25, -0.2) is 4.98 Å². The molecule has 104 valence electrons. The van der Waals surface area contributed by atoms with Crippen molar-refractivity contribution < 1.29 is 9.47 Å². The van der Waals surface area contributed by atoms with Gasteiger partial charge in [-0.05, 0) is 39.0 Å².